The standard InChI is InChI=1S/C26H29N5O3S2/c1-16(2)31-24(17(3)34-21-13-9-12-20(14-21)33-5)29-30-26(31)35-15-22(32)27-25-28-23(18(4)36-25)19-10-7-6-8-11-19/h6-14,16-17H,15H2,1-5H3,(H,27,28,32). The number of aryl methyl sites for hydroxylation is 1. The molecule has 2 aromatic carbocycles. The van der Waals surface area contributed by atoms with E-state index in [0.717, 1.165) is 21.9 Å². The molecular formula is C26H29N5O3S2. The van der Waals surface area contributed by atoms with E-state index in [9.17, 15) is 4.79 Å². The molecule has 0 aliphatic rings. The maximum absolute atomic E-state index is 12.7. The van der Waals surface area contributed by atoms with Gasteiger partial charge in [-0.15, -0.1) is 21.5 Å². The molecule has 0 bridgehead atoms. The Morgan fingerprint density at radius 3 is 2.56 bits per heavy atom. The Bertz CT molecular complexity index is 1320. The zero-order chi connectivity index (χ0) is 25.7. The number of hydrogen-bond donors (Lipinski definition) is 1. The van der Waals surface area contributed by atoms with Crippen LogP contribution in [0.5, 0.6) is 11.5 Å². The molecule has 10 heteroatoms. The molecule has 1 atom stereocenters. The average Bonchev–Trinajstić information content (AvgIpc) is 3.46. The van der Waals surface area contributed by atoms with Crippen LogP contribution in [0, 0.1) is 6.92 Å². The van der Waals surface area contributed by atoms with Crippen LogP contribution >= 0.6 is 23.1 Å². The van der Waals surface area contributed by atoms with Gasteiger partial charge in [-0.05, 0) is 39.8 Å². The number of anilines is 1. The summed E-state index contributed by atoms with van der Waals surface area (Å²) in [6.45, 7) is 8.04. The van der Waals surface area contributed by atoms with Gasteiger partial charge >= 0.3 is 0 Å². The number of aromatic nitrogens is 4. The second kappa shape index (κ2) is 11.6. The quantitative estimate of drug-likeness (QED) is 0.249. The summed E-state index contributed by atoms with van der Waals surface area (Å²) < 4.78 is 13.4. The summed E-state index contributed by atoms with van der Waals surface area (Å²) in [5, 5.41) is 12.9. The first kappa shape index (κ1) is 25.7. The Hall–Kier alpha value is -3.37. The van der Waals surface area contributed by atoms with Crippen LogP contribution in [-0.2, 0) is 4.79 Å². The summed E-state index contributed by atoms with van der Waals surface area (Å²) in [5.74, 6) is 2.14. The number of thioether (sulfide) groups is 1. The fraction of sp³-hybridized carbons (Fsp3) is 0.308. The predicted octanol–water partition coefficient (Wildman–Crippen LogP) is 6.17. The van der Waals surface area contributed by atoms with Gasteiger partial charge in [0.05, 0.1) is 18.6 Å². The molecular weight excluding hydrogens is 494 g/mol. The number of nitrogens with zero attached hydrogens (tertiary/aromatic N) is 4. The van der Waals surface area contributed by atoms with Crippen LogP contribution in [-0.4, -0.2) is 38.5 Å². The highest BCUT2D eigenvalue weighted by molar-refractivity contribution is 7.99. The Morgan fingerprint density at radius 2 is 1.83 bits per heavy atom. The first-order valence-corrected chi connectivity index (χ1v) is 13.4. The summed E-state index contributed by atoms with van der Waals surface area (Å²) in [5.41, 5.74) is 1.92. The number of methoxy groups -OCH3 is 1. The maximum atomic E-state index is 12.7. The number of carbonyl (C=O) groups is 1. The van der Waals surface area contributed by atoms with Crippen molar-refractivity contribution in [2.24, 2.45) is 0 Å². The molecule has 2 heterocycles. The second-order valence-electron chi connectivity index (χ2n) is 8.37. The largest absolute Gasteiger partial charge is 0.497 e. The van der Waals surface area contributed by atoms with E-state index in [1.807, 2.05) is 73.0 Å². The Kier molecular flexibility index (Phi) is 8.27. The van der Waals surface area contributed by atoms with Gasteiger partial charge in [-0.3, -0.25) is 4.79 Å². The lowest BCUT2D eigenvalue weighted by Gasteiger charge is -2.19. The molecule has 1 amide bonds. The normalized spacial score (nSPS) is 11.9. The molecule has 1 unspecified atom stereocenters. The van der Waals surface area contributed by atoms with Crippen molar-refractivity contribution in [1.29, 1.82) is 0 Å². The van der Waals surface area contributed by atoms with Crippen molar-refractivity contribution in [2.45, 2.75) is 45.0 Å². The summed E-state index contributed by atoms with van der Waals surface area (Å²) in [4.78, 5) is 18.4. The fourth-order valence-corrected chi connectivity index (χ4v) is 5.41. The number of rotatable bonds is 10. The summed E-state index contributed by atoms with van der Waals surface area (Å²) in [6, 6.07) is 17.5. The summed E-state index contributed by atoms with van der Waals surface area (Å²) in [7, 11) is 1.62. The van der Waals surface area contributed by atoms with Crippen molar-refractivity contribution < 1.29 is 14.3 Å². The number of thiazole rings is 1. The van der Waals surface area contributed by atoms with Crippen LogP contribution in [0.2, 0.25) is 0 Å². The van der Waals surface area contributed by atoms with E-state index in [1.54, 1.807) is 7.11 Å². The van der Waals surface area contributed by atoms with Gasteiger partial charge in [-0.1, -0.05) is 48.2 Å². The van der Waals surface area contributed by atoms with Gasteiger partial charge < -0.3 is 19.4 Å². The number of ether oxygens (including phenoxy) is 2. The molecule has 2 aromatic heterocycles. The third kappa shape index (κ3) is 6.06. The number of nitrogens with one attached hydrogen (secondary N) is 1. The first-order chi connectivity index (χ1) is 17.4. The van der Waals surface area contributed by atoms with E-state index in [1.165, 1.54) is 23.1 Å². The third-order valence-electron chi connectivity index (χ3n) is 5.35. The van der Waals surface area contributed by atoms with Gasteiger partial charge in [0.2, 0.25) is 5.91 Å². The van der Waals surface area contributed by atoms with Gasteiger partial charge in [0.1, 0.15) is 11.5 Å². The maximum Gasteiger partial charge on any atom is 0.236 e. The van der Waals surface area contributed by atoms with Crippen molar-refractivity contribution in [3.63, 3.8) is 0 Å². The highest BCUT2D eigenvalue weighted by Gasteiger charge is 2.22. The Labute approximate surface area is 219 Å². The lowest BCUT2D eigenvalue weighted by atomic mass is 10.1. The molecule has 4 aromatic rings. The van der Waals surface area contributed by atoms with Crippen molar-refractivity contribution in [1.82, 2.24) is 19.7 Å². The van der Waals surface area contributed by atoms with E-state index in [0.29, 0.717) is 21.9 Å². The lowest BCUT2D eigenvalue weighted by Crippen LogP contribution is -2.16. The molecule has 0 aliphatic carbocycles. The highest BCUT2D eigenvalue weighted by atomic mass is 32.2. The van der Waals surface area contributed by atoms with Crippen molar-refractivity contribution in [3.8, 4) is 22.8 Å². The van der Waals surface area contributed by atoms with Crippen LogP contribution in [0.25, 0.3) is 11.3 Å². The third-order valence-corrected chi connectivity index (χ3v) is 7.18. The predicted molar refractivity (Wildman–Crippen MR) is 144 cm³/mol. The van der Waals surface area contributed by atoms with Crippen molar-refractivity contribution >= 4 is 34.1 Å². The first-order valence-electron chi connectivity index (χ1n) is 11.6. The smallest absolute Gasteiger partial charge is 0.236 e. The van der Waals surface area contributed by atoms with Crippen molar-refractivity contribution in [2.75, 3.05) is 18.2 Å². The van der Waals surface area contributed by atoms with Gasteiger partial charge in [-0.2, -0.15) is 0 Å². The number of amides is 1. The zero-order valence-electron chi connectivity index (χ0n) is 20.9. The fourth-order valence-electron chi connectivity index (χ4n) is 3.68. The van der Waals surface area contributed by atoms with E-state index in [-0.39, 0.29) is 23.8 Å². The SMILES string of the molecule is COc1cccc(OC(C)c2nnc(SCC(=O)Nc3nc(-c4ccccc4)c(C)s3)n2C(C)C)c1. The molecule has 1 N–H and O–H groups in total. The zero-order valence-corrected chi connectivity index (χ0v) is 22.5. The minimum absolute atomic E-state index is 0.0898. The van der Waals surface area contributed by atoms with Gasteiger partial charge in [-0.25, -0.2) is 4.98 Å². The van der Waals surface area contributed by atoms with Crippen LogP contribution < -0.4 is 14.8 Å². The van der Waals surface area contributed by atoms with E-state index in [2.05, 4.69) is 34.3 Å². The Morgan fingerprint density at radius 1 is 1.08 bits per heavy atom. The minimum atomic E-state index is -0.343. The minimum Gasteiger partial charge on any atom is -0.497 e. The molecule has 0 fully saturated rings. The Balaban J connectivity index is 1.41. The monoisotopic (exact) mass is 523 g/mol. The van der Waals surface area contributed by atoms with Crippen LogP contribution in [0.3, 0.4) is 0 Å². The van der Waals surface area contributed by atoms with Gasteiger partial charge in [0.15, 0.2) is 22.2 Å². The van der Waals surface area contributed by atoms with Crippen LogP contribution in [0.4, 0.5) is 5.13 Å². The van der Waals surface area contributed by atoms with Crippen molar-refractivity contribution in [3.05, 3.63) is 65.3 Å². The molecule has 0 saturated carbocycles. The molecule has 188 valence electrons. The summed E-state index contributed by atoms with van der Waals surface area (Å²) in [6.07, 6.45) is -0.343. The van der Waals surface area contributed by atoms with E-state index >= 15 is 0 Å². The molecule has 0 spiro atoms. The number of benzene rings is 2. The lowest BCUT2D eigenvalue weighted by molar-refractivity contribution is -0.113. The average molecular weight is 524 g/mol. The molecule has 8 nitrogen and oxygen atoms in total. The van der Waals surface area contributed by atoms with E-state index in [4.69, 9.17) is 9.47 Å². The molecule has 0 radical (unpaired) electrons. The second-order valence-corrected chi connectivity index (χ2v) is 10.5. The van der Waals surface area contributed by atoms with Gasteiger partial charge in [0, 0.05) is 22.5 Å². The molecule has 0 saturated heterocycles. The van der Waals surface area contributed by atoms with Crippen LogP contribution in [0.1, 0.15) is 43.6 Å². The number of carbonyl (C=O) groups excluding carboxylic acids is 1. The van der Waals surface area contributed by atoms with Crippen LogP contribution in [0.15, 0.2) is 59.8 Å². The van der Waals surface area contributed by atoms with Gasteiger partial charge in [0.25, 0.3) is 0 Å². The highest BCUT2D eigenvalue weighted by Crippen LogP contribution is 2.31. The topological polar surface area (TPSA) is 91.2 Å². The van der Waals surface area contributed by atoms with E-state index < -0.39 is 0 Å². The molecule has 36 heavy (non-hydrogen) atoms. The molecule has 4 rings (SSSR count). The molecule has 0 aliphatic heterocycles. The number of hydrogen-bond acceptors (Lipinski definition) is 8. The summed E-state index contributed by atoms with van der Waals surface area (Å²) >= 11 is 2.81.